The van der Waals surface area contributed by atoms with Gasteiger partial charge in [0.2, 0.25) is 0 Å². The first-order chi connectivity index (χ1) is 7.27. The maximum absolute atomic E-state index is 11.9. The molecule has 0 aromatic heterocycles. The van der Waals surface area contributed by atoms with Crippen LogP contribution >= 0.6 is 0 Å². The first-order valence-corrected chi connectivity index (χ1v) is 6.23. The SMILES string of the molecule is CCC(CC)C(=O)CN1CCCNCC1. The van der Waals surface area contributed by atoms with Crippen molar-refractivity contribution in [3.63, 3.8) is 0 Å². The zero-order chi connectivity index (χ0) is 11.1. The van der Waals surface area contributed by atoms with Crippen LogP contribution in [-0.4, -0.2) is 43.4 Å². The van der Waals surface area contributed by atoms with Crippen molar-refractivity contribution in [1.29, 1.82) is 0 Å². The van der Waals surface area contributed by atoms with Gasteiger partial charge in [0.25, 0.3) is 0 Å². The maximum Gasteiger partial charge on any atom is 0.149 e. The van der Waals surface area contributed by atoms with Crippen molar-refractivity contribution in [2.75, 3.05) is 32.7 Å². The molecule has 0 radical (unpaired) electrons. The molecule has 3 heteroatoms. The molecular formula is C12H24N2O. The number of rotatable bonds is 5. The second-order valence-corrected chi connectivity index (χ2v) is 4.36. The molecule has 0 bridgehead atoms. The van der Waals surface area contributed by atoms with E-state index in [-0.39, 0.29) is 5.92 Å². The van der Waals surface area contributed by atoms with Crippen molar-refractivity contribution in [2.45, 2.75) is 33.1 Å². The van der Waals surface area contributed by atoms with Gasteiger partial charge in [0.1, 0.15) is 5.78 Å². The van der Waals surface area contributed by atoms with Gasteiger partial charge in [-0.2, -0.15) is 0 Å². The van der Waals surface area contributed by atoms with E-state index in [0.29, 0.717) is 12.3 Å². The van der Waals surface area contributed by atoms with Gasteiger partial charge in [0, 0.05) is 19.0 Å². The standard InChI is InChI=1S/C12H24N2O/c1-3-11(4-2)12(15)10-14-8-5-6-13-7-9-14/h11,13H,3-10H2,1-2H3. The van der Waals surface area contributed by atoms with Crippen LogP contribution in [0.2, 0.25) is 0 Å². The molecule has 0 aliphatic carbocycles. The van der Waals surface area contributed by atoms with E-state index < -0.39 is 0 Å². The first-order valence-electron chi connectivity index (χ1n) is 6.23. The summed E-state index contributed by atoms with van der Waals surface area (Å²) in [6.45, 7) is 9.08. The molecule has 0 spiro atoms. The Morgan fingerprint density at radius 3 is 2.67 bits per heavy atom. The van der Waals surface area contributed by atoms with Crippen molar-refractivity contribution < 1.29 is 4.79 Å². The zero-order valence-electron chi connectivity index (χ0n) is 10.1. The van der Waals surface area contributed by atoms with Gasteiger partial charge in [-0.3, -0.25) is 9.69 Å². The minimum absolute atomic E-state index is 0.279. The average molecular weight is 212 g/mol. The largest absolute Gasteiger partial charge is 0.315 e. The summed E-state index contributed by atoms with van der Waals surface area (Å²) in [6, 6.07) is 0. The monoisotopic (exact) mass is 212 g/mol. The van der Waals surface area contributed by atoms with Gasteiger partial charge >= 0.3 is 0 Å². The summed E-state index contributed by atoms with van der Waals surface area (Å²) < 4.78 is 0. The van der Waals surface area contributed by atoms with Gasteiger partial charge in [0.05, 0.1) is 6.54 Å². The van der Waals surface area contributed by atoms with Crippen molar-refractivity contribution in [3.05, 3.63) is 0 Å². The molecule has 1 heterocycles. The average Bonchev–Trinajstić information content (AvgIpc) is 2.48. The Labute approximate surface area is 93.2 Å². The zero-order valence-corrected chi connectivity index (χ0v) is 10.1. The van der Waals surface area contributed by atoms with Crippen molar-refractivity contribution in [1.82, 2.24) is 10.2 Å². The lowest BCUT2D eigenvalue weighted by Gasteiger charge is -2.21. The van der Waals surface area contributed by atoms with Gasteiger partial charge in [-0.25, -0.2) is 0 Å². The highest BCUT2D eigenvalue weighted by Crippen LogP contribution is 2.10. The van der Waals surface area contributed by atoms with Gasteiger partial charge in [-0.1, -0.05) is 13.8 Å². The lowest BCUT2D eigenvalue weighted by molar-refractivity contribution is -0.124. The third-order valence-electron chi connectivity index (χ3n) is 3.25. The fourth-order valence-corrected chi connectivity index (χ4v) is 2.15. The predicted octanol–water partition coefficient (Wildman–Crippen LogP) is 1.29. The van der Waals surface area contributed by atoms with E-state index in [0.717, 1.165) is 45.4 Å². The van der Waals surface area contributed by atoms with Gasteiger partial charge < -0.3 is 5.32 Å². The summed E-state index contributed by atoms with van der Waals surface area (Å²) in [5, 5.41) is 3.35. The van der Waals surface area contributed by atoms with Gasteiger partial charge in [-0.15, -0.1) is 0 Å². The van der Waals surface area contributed by atoms with Crippen molar-refractivity contribution in [3.8, 4) is 0 Å². The number of ketones is 1. The van der Waals surface area contributed by atoms with E-state index in [2.05, 4.69) is 24.1 Å². The van der Waals surface area contributed by atoms with Crippen LogP contribution in [0.25, 0.3) is 0 Å². The van der Waals surface area contributed by atoms with Crippen molar-refractivity contribution in [2.24, 2.45) is 5.92 Å². The molecule has 3 nitrogen and oxygen atoms in total. The molecule has 0 saturated carbocycles. The molecule has 0 aromatic rings. The predicted molar refractivity (Wildman–Crippen MR) is 63.0 cm³/mol. The Balaban J connectivity index is 2.34. The Bertz CT molecular complexity index is 182. The Morgan fingerprint density at radius 2 is 2.00 bits per heavy atom. The van der Waals surface area contributed by atoms with E-state index in [1.165, 1.54) is 0 Å². The number of nitrogens with one attached hydrogen (secondary N) is 1. The van der Waals surface area contributed by atoms with E-state index in [1.807, 2.05) is 0 Å². The second-order valence-electron chi connectivity index (χ2n) is 4.36. The Morgan fingerprint density at radius 1 is 1.27 bits per heavy atom. The lowest BCUT2D eigenvalue weighted by Crippen LogP contribution is -2.35. The molecule has 0 unspecified atom stereocenters. The van der Waals surface area contributed by atoms with Gasteiger partial charge in [-0.05, 0) is 32.4 Å². The van der Waals surface area contributed by atoms with E-state index in [1.54, 1.807) is 0 Å². The first kappa shape index (κ1) is 12.7. The highest BCUT2D eigenvalue weighted by atomic mass is 16.1. The molecule has 1 aliphatic rings. The number of hydrogen-bond donors (Lipinski definition) is 1. The molecule has 1 aliphatic heterocycles. The minimum Gasteiger partial charge on any atom is -0.315 e. The molecule has 15 heavy (non-hydrogen) atoms. The van der Waals surface area contributed by atoms with Gasteiger partial charge in [0.15, 0.2) is 0 Å². The van der Waals surface area contributed by atoms with E-state index in [9.17, 15) is 4.79 Å². The number of Topliss-reactive ketones (excluding diaryl/α,β-unsaturated/α-hetero) is 1. The molecule has 1 saturated heterocycles. The summed E-state index contributed by atoms with van der Waals surface area (Å²) in [5.41, 5.74) is 0. The normalized spacial score (nSPS) is 19.1. The van der Waals surface area contributed by atoms with E-state index in [4.69, 9.17) is 0 Å². The summed E-state index contributed by atoms with van der Waals surface area (Å²) in [4.78, 5) is 14.2. The molecule has 1 fully saturated rings. The summed E-state index contributed by atoms with van der Waals surface area (Å²) in [5.74, 6) is 0.711. The fourth-order valence-electron chi connectivity index (χ4n) is 2.15. The molecule has 0 aromatic carbocycles. The number of hydrogen-bond acceptors (Lipinski definition) is 3. The van der Waals surface area contributed by atoms with Crippen molar-refractivity contribution >= 4 is 5.78 Å². The molecule has 0 atom stereocenters. The molecule has 1 rings (SSSR count). The van der Waals surface area contributed by atoms with Crippen LogP contribution in [-0.2, 0) is 4.79 Å². The third-order valence-corrected chi connectivity index (χ3v) is 3.25. The van der Waals surface area contributed by atoms with Crippen LogP contribution in [0, 0.1) is 5.92 Å². The Hall–Kier alpha value is -0.410. The summed E-state index contributed by atoms with van der Waals surface area (Å²) in [7, 11) is 0. The molecule has 1 N–H and O–H groups in total. The molecular weight excluding hydrogens is 188 g/mol. The number of nitrogens with zero attached hydrogens (tertiary/aromatic N) is 1. The fraction of sp³-hybridized carbons (Fsp3) is 0.917. The number of carbonyl (C=O) groups excluding carboxylic acids is 1. The maximum atomic E-state index is 11.9. The Kier molecular flexibility index (Phi) is 5.88. The van der Waals surface area contributed by atoms with Crippen LogP contribution in [0.15, 0.2) is 0 Å². The highest BCUT2D eigenvalue weighted by molar-refractivity contribution is 5.82. The smallest absolute Gasteiger partial charge is 0.149 e. The molecule has 0 amide bonds. The molecule has 88 valence electrons. The summed E-state index contributed by atoms with van der Waals surface area (Å²) in [6.07, 6.45) is 3.14. The second kappa shape index (κ2) is 6.96. The van der Waals surface area contributed by atoms with Crippen LogP contribution in [0.4, 0.5) is 0 Å². The third kappa shape index (κ3) is 4.31. The minimum atomic E-state index is 0.279. The quantitative estimate of drug-likeness (QED) is 0.745. The van der Waals surface area contributed by atoms with Crippen LogP contribution in [0.1, 0.15) is 33.1 Å². The topological polar surface area (TPSA) is 32.3 Å². The van der Waals surface area contributed by atoms with Crippen LogP contribution in [0.5, 0.6) is 0 Å². The van der Waals surface area contributed by atoms with Crippen LogP contribution < -0.4 is 5.32 Å². The lowest BCUT2D eigenvalue weighted by atomic mass is 9.98. The highest BCUT2D eigenvalue weighted by Gasteiger charge is 2.18. The van der Waals surface area contributed by atoms with Crippen LogP contribution in [0.3, 0.4) is 0 Å². The van der Waals surface area contributed by atoms with E-state index >= 15 is 0 Å². The summed E-state index contributed by atoms with van der Waals surface area (Å²) >= 11 is 0. The number of carbonyl (C=O) groups is 1.